The van der Waals surface area contributed by atoms with Gasteiger partial charge in [-0.3, -0.25) is 9.48 Å². The zero-order chi connectivity index (χ0) is 13.2. The minimum absolute atomic E-state index is 0.0243. The SMILES string of the molecule is COc1cnn(C)c1C(=O)CC1(N)CCCCC1. The first-order chi connectivity index (χ1) is 8.56. The van der Waals surface area contributed by atoms with Gasteiger partial charge in [-0.1, -0.05) is 19.3 Å². The Labute approximate surface area is 107 Å². The van der Waals surface area contributed by atoms with Crippen LogP contribution in [0.15, 0.2) is 6.20 Å². The van der Waals surface area contributed by atoms with Crippen LogP contribution in [0.25, 0.3) is 0 Å². The fraction of sp³-hybridized carbons (Fsp3) is 0.692. The van der Waals surface area contributed by atoms with E-state index in [1.807, 2.05) is 0 Å². The number of Topliss-reactive ketones (excluding diaryl/α,β-unsaturated/α-hetero) is 1. The molecule has 1 fully saturated rings. The molecular weight excluding hydrogens is 230 g/mol. The van der Waals surface area contributed by atoms with Crippen molar-refractivity contribution in [3.63, 3.8) is 0 Å². The Hall–Kier alpha value is -1.36. The average Bonchev–Trinajstić information content (AvgIpc) is 2.70. The van der Waals surface area contributed by atoms with Crippen LogP contribution in [0.5, 0.6) is 5.75 Å². The van der Waals surface area contributed by atoms with Crippen LogP contribution in [0.1, 0.15) is 49.0 Å². The van der Waals surface area contributed by atoms with Gasteiger partial charge >= 0.3 is 0 Å². The van der Waals surface area contributed by atoms with E-state index in [9.17, 15) is 4.79 Å². The molecule has 0 bridgehead atoms. The van der Waals surface area contributed by atoms with Crippen molar-refractivity contribution in [1.82, 2.24) is 9.78 Å². The van der Waals surface area contributed by atoms with Gasteiger partial charge in [-0.25, -0.2) is 0 Å². The molecule has 5 heteroatoms. The Kier molecular flexibility index (Phi) is 3.71. The Balaban J connectivity index is 2.13. The smallest absolute Gasteiger partial charge is 0.186 e. The van der Waals surface area contributed by atoms with Gasteiger partial charge in [-0.2, -0.15) is 5.10 Å². The number of aromatic nitrogens is 2. The number of rotatable bonds is 4. The normalized spacial score (nSPS) is 18.6. The third kappa shape index (κ3) is 2.56. The number of carbonyl (C=O) groups is 1. The summed E-state index contributed by atoms with van der Waals surface area (Å²) in [6, 6.07) is 0. The number of aryl methyl sites for hydroxylation is 1. The van der Waals surface area contributed by atoms with E-state index in [0.717, 1.165) is 25.7 Å². The standard InChI is InChI=1S/C13H21N3O2/c1-16-12(11(18-2)9-15-16)10(17)8-13(14)6-4-3-5-7-13/h9H,3-8,14H2,1-2H3. The van der Waals surface area contributed by atoms with Gasteiger partial charge in [0.2, 0.25) is 0 Å². The first kappa shape index (κ1) is 13.1. The lowest BCUT2D eigenvalue weighted by molar-refractivity contribution is 0.0922. The fourth-order valence-electron chi connectivity index (χ4n) is 2.72. The van der Waals surface area contributed by atoms with Crippen LogP contribution in [-0.2, 0) is 7.05 Å². The molecule has 0 saturated heterocycles. The van der Waals surface area contributed by atoms with E-state index in [0.29, 0.717) is 17.9 Å². The summed E-state index contributed by atoms with van der Waals surface area (Å²) in [5.41, 5.74) is 6.49. The predicted molar refractivity (Wildman–Crippen MR) is 68.7 cm³/mol. The van der Waals surface area contributed by atoms with Crippen LogP contribution in [0.3, 0.4) is 0 Å². The van der Waals surface area contributed by atoms with Gasteiger partial charge in [0.1, 0.15) is 5.69 Å². The Morgan fingerprint density at radius 2 is 2.17 bits per heavy atom. The van der Waals surface area contributed by atoms with Crippen molar-refractivity contribution in [3.8, 4) is 5.75 Å². The molecule has 1 aromatic heterocycles. The average molecular weight is 251 g/mol. The lowest BCUT2D eigenvalue weighted by Gasteiger charge is -2.32. The van der Waals surface area contributed by atoms with Gasteiger partial charge in [0.05, 0.1) is 13.3 Å². The van der Waals surface area contributed by atoms with Crippen molar-refractivity contribution < 1.29 is 9.53 Å². The zero-order valence-electron chi connectivity index (χ0n) is 11.1. The zero-order valence-corrected chi connectivity index (χ0v) is 11.1. The molecule has 2 rings (SSSR count). The summed E-state index contributed by atoms with van der Waals surface area (Å²) in [7, 11) is 3.30. The summed E-state index contributed by atoms with van der Waals surface area (Å²) in [4.78, 5) is 12.4. The molecule has 5 nitrogen and oxygen atoms in total. The second-order valence-electron chi connectivity index (χ2n) is 5.21. The molecule has 0 radical (unpaired) electrons. The van der Waals surface area contributed by atoms with Crippen molar-refractivity contribution >= 4 is 5.78 Å². The van der Waals surface area contributed by atoms with Crippen LogP contribution in [0.2, 0.25) is 0 Å². The monoisotopic (exact) mass is 251 g/mol. The van der Waals surface area contributed by atoms with Crippen LogP contribution in [0.4, 0.5) is 0 Å². The Bertz CT molecular complexity index is 433. The van der Waals surface area contributed by atoms with E-state index in [1.165, 1.54) is 6.42 Å². The number of hydrogen-bond donors (Lipinski definition) is 1. The molecule has 1 heterocycles. The summed E-state index contributed by atoms with van der Waals surface area (Å²) in [5, 5.41) is 4.05. The highest BCUT2D eigenvalue weighted by Gasteiger charge is 2.32. The van der Waals surface area contributed by atoms with E-state index in [4.69, 9.17) is 10.5 Å². The molecule has 0 amide bonds. The molecular formula is C13H21N3O2. The molecule has 18 heavy (non-hydrogen) atoms. The maximum absolute atomic E-state index is 12.4. The Morgan fingerprint density at radius 3 is 2.78 bits per heavy atom. The number of nitrogens with zero attached hydrogens (tertiary/aromatic N) is 2. The predicted octanol–water partition coefficient (Wildman–Crippen LogP) is 1.66. The van der Waals surface area contributed by atoms with E-state index in [1.54, 1.807) is 25.0 Å². The summed E-state index contributed by atoms with van der Waals surface area (Å²) in [6.45, 7) is 0. The highest BCUT2D eigenvalue weighted by molar-refractivity contribution is 5.97. The van der Waals surface area contributed by atoms with Crippen molar-refractivity contribution in [1.29, 1.82) is 0 Å². The number of carbonyl (C=O) groups excluding carboxylic acids is 1. The lowest BCUT2D eigenvalue weighted by atomic mass is 9.79. The second-order valence-corrected chi connectivity index (χ2v) is 5.21. The first-order valence-electron chi connectivity index (χ1n) is 6.44. The van der Waals surface area contributed by atoms with Gasteiger partial charge in [-0.05, 0) is 12.8 Å². The van der Waals surface area contributed by atoms with Crippen molar-refractivity contribution in [2.24, 2.45) is 12.8 Å². The van der Waals surface area contributed by atoms with Crippen molar-refractivity contribution in [3.05, 3.63) is 11.9 Å². The summed E-state index contributed by atoms with van der Waals surface area (Å²) in [5.74, 6) is 0.554. The van der Waals surface area contributed by atoms with E-state index < -0.39 is 0 Å². The van der Waals surface area contributed by atoms with Gasteiger partial charge in [0, 0.05) is 19.0 Å². The molecule has 100 valence electrons. The summed E-state index contributed by atoms with van der Waals surface area (Å²) in [6.07, 6.45) is 7.26. The van der Waals surface area contributed by atoms with E-state index >= 15 is 0 Å². The minimum Gasteiger partial charge on any atom is -0.493 e. The Morgan fingerprint density at radius 1 is 1.50 bits per heavy atom. The van der Waals surface area contributed by atoms with Crippen LogP contribution in [0, 0.1) is 0 Å². The number of ketones is 1. The van der Waals surface area contributed by atoms with Crippen LogP contribution < -0.4 is 10.5 Å². The number of methoxy groups -OCH3 is 1. The molecule has 1 aliphatic carbocycles. The molecule has 1 aromatic rings. The molecule has 0 unspecified atom stereocenters. The lowest BCUT2D eigenvalue weighted by Crippen LogP contribution is -2.43. The topological polar surface area (TPSA) is 70.1 Å². The number of ether oxygens (including phenoxy) is 1. The third-order valence-electron chi connectivity index (χ3n) is 3.75. The van der Waals surface area contributed by atoms with Gasteiger partial charge in [0.25, 0.3) is 0 Å². The van der Waals surface area contributed by atoms with Gasteiger partial charge < -0.3 is 10.5 Å². The van der Waals surface area contributed by atoms with Gasteiger partial charge in [-0.15, -0.1) is 0 Å². The third-order valence-corrected chi connectivity index (χ3v) is 3.75. The van der Waals surface area contributed by atoms with Crippen LogP contribution in [-0.4, -0.2) is 28.2 Å². The second kappa shape index (κ2) is 5.10. The first-order valence-corrected chi connectivity index (χ1v) is 6.44. The molecule has 1 aliphatic rings. The fourth-order valence-corrected chi connectivity index (χ4v) is 2.72. The number of hydrogen-bond acceptors (Lipinski definition) is 4. The van der Waals surface area contributed by atoms with Crippen molar-refractivity contribution in [2.45, 2.75) is 44.1 Å². The van der Waals surface area contributed by atoms with Gasteiger partial charge in [0.15, 0.2) is 11.5 Å². The molecule has 0 aliphatic heterocycles. The molecule has 0 aromatic carbocycles. The van der Waals surface area contributed by atoms with Crippen molar-refractivity contribution in [2.75, 3.05) is 7.11 Å². The van der Waals surface area contributed by atoms with E-state index in [2.05, 4.69) is 5.10 Å². The summed E-state index contributed by atoms with van der Waals surface area (Å²) >= 11 is 0. The molecule has 1 saturated carbocycles. The minimum atomic E-state index is -0.343. The summed E-state index contributed by atoms with van der Waals surface area (Å²) < 4.78 is 6.73. The highest BCUT2D eigenvalue weighted by atomic mass is 16.5. The highest BCUT2D eigenvalue weighted by Crippen LogP contribution is 2.31. The quantitative estimate of drug-likeness (QED) is 0.826. The molecule has 0 atom stereocenters. The molecule has 0 spiro atoms. The van der Waals surface area contributed by atoms with E-state index in [-0.39, 0.29) is 11.3 Å². The maximum Gasteiger partial charge on any atom is 0.186 e. The maximum atomic E-state index is 12.4. The number of nitrogens with two attached hydrogens (primary N) is 1. The largest absolute Gasteiger partial charge is 0.493 e. The van der Waals surface area contributed by atoms with Crippen LogP contribution >= 0.6 is 0 Å². The molecule has 2 N–H and O–H groups in total.